The SMILES string of the molecule is CO[C@H]1C(C(C)(C)C)[C@@H](CC(C)(C)C)O[C@H]1n1c(=O)cc[nH]c1=O. The van der Waals surface area contributed by atoms with Crippen molar-refractivity contribution in [2.75, 3.05) is 7.11 Å². The molecule has 1 aromatic heterocycles. The van der Waals surface area contributed by atoms with Gasteiger partial charge in [0.05, 0.1) is 6.10 Å². The number of nitrogens with zero attached hydrogens (tertiary/aromatic N) is 1. The Morgan fingerprint density at radius 2 is 1.83 bits per heavy atom. The van der Waals surface area contributed by atoms with Gasteiger partial charge in [-0.15, -0.1) is 0 Å². The van der Waals surface area contributed by atoms with Gasteiger partial charge in [-0.25, -0.2) is 9.36 Å². The molecule has 0 bridgehead atoms. The summed E-state index contributed by atoms with van der Waals surface area (Å²) in [6, 6.07) is 1.33. The third-order valence-corrected chi connectivity index (χ3v) is 4.58. The van der Waals surface area contributed by atoms with Crippen LogP contribution in [0.3, 0.4) is 0 Å². The van der Waals surface area contributed by atoms with Crippen molar-refractivity contribution in [2.24, 2.45) is 16.7 Å². The smallest absolute Gasteiger partial charge is 0.330 e. The second-order valence-corrected chi connectivity index (χ2v) is 8.91. The van der Waals surface area contributed by atoms with Crippen molar-refractivity contribution in [1.82, 2.24) is 9.55 Å². The summed E-state index contributed by atoms with van der Waals surface area (Å²) in [5.74, 6) is 0.0678. The average molecular weight is 338 g/mol. The van der Waals surface area contributed by atoms with E-state index in [9.17, 15) is 9.59 Å². The van der Waals surface area contributed by atoms with Gasteiger partial charge in [0, 0.05) is 25.3 Å². The van der Waals surface area contributed by atoms with Gasteiger partial charge in [0.25, 0.3) is 5.56 Å². The Balaban J connectivity index is 2.51. The number of methoxy groups -OCH3 is 1. The zero-order valence-corrected chi connectivity index (χ0v) is 15.8. The minimum atomic E-state index is -0.718. The standard InChI is InChI=1S/C18H30N2O4/c1-17(2,3)10-11-13(18(4,5)6)14(23-7)15(24-11)20-12(21)8-9-19-16(20)22/h8-9,11,13-15H,10H2,1-7H3,(H,19,22)/t11-,13?,14+,15-/m1/s1. The maximum Gasteiger partial charge on any atom is 0.330 e. The quantitative estimate of drug-likeness (QED) is 0.919. The van der Waals surface area contributed by atoms with Crippen LogP contribution in [-0.2, 0) is 9.47 Å². The fraction of sp³-hybridized carbons (Fsp3) is 0.778. The summed E-state index contributed by atoms with van der Waals surface area (Å²) in [6.07, 6.45) is 1.00. The molecule has 6 heteroatoms. The van der Waals surface area contributed by atoms with E-state index in [0.717, 1.165) is 11.0 Å². The van der Waals surface area contributed by atoms with E-state index in [1.807, 2.05) is 0 Å². The third kappa shape index (κ3) is 3.81. The zero-order valence-electron chi connectivity index (χ0n) is 15.8. The lowest BCUT2D eigenvalue weighted by atomic mass is 9.71. The first-order valence-electron chi connectivity index (χ1n) is 8.44. The van der Waals surface area contributed by atoms with Crippen molar-refractivity contribution in [3.05, 3.63) is 33.1 Å². The van der Waals surface area contributed by atoms with Crippen LogP contribution in [0.1, 0.15) is 54.2 Å². The first-order chi connectivity index (χ1) is 11.0. The normalized spacial score (nSPS) is 28.3. The molecule has 1 fully saturated rings. The van der Waals surface area contributed by atoms with Gasteiger partial charge in [-0.3, -0.25) is 4.79 Å². The Kier molecular flexibility index (Phi) is 5.11. The average Bonchev–Trinajstić information content (AvgIpc) is 2.74. The van der Waals surface area contributed by atoms with Crippen molar-refractivity contribution < 1.29 is 9.47 Å². The molecule has 1 unspecified atom stereocenters. The number of nitrogens with one attached hydrogen (secondary N) is 1. The van der Waals surface area contributed by atoms with Crippen molar-refractivity contribution in [3.63, 3.8) is 0 Å². The van der Waals surface area contributed by atoms with E-state index in [2.05, 4.69) is 46.5 Å². The molecule has 136 valence electrons. The van der Waals surface area contributed by atoms with Gasteiger partial charge in [0.15, 0.2) is 6.23 Å². The Hall–Kier alpha value is -1.40. The number of hydrogen-bond donors (Lipinski definition) is 1. The lowest BCUT2D eigenvalue weighted by Crippen LogP contribution is -2.43. The molecule has 0 radical (unpaired) electrons. The summed E-state index contributed by atoms with van der Waals surface area (Å²) in [7, 11) is 1.61. The molecule has 0 amide bonds. The van der Waals surface area contributed by atoms with Crippen molar-refractivity contribution in [1.29, 1.82) is 0 Å². The first-order valence-corrected chi connectivity index (χ1v) is 8.44. The zero-order chi connectivity index (χ0) is 18.3. The molecule has 2 heterocycles. The molecule has 0 spiro atoms. The van der Waals surface area contributed by atoms with E-state index >= 15 is 0 Å². The minimum Gasteiger partial charge on any atom is -0.376 e. The second-order valence-electron chi connectivity index (χ2n) is 8.91. The summed E-state index contributed by atoms with van der Waals surface area (Å²) in [5.41, 5.74) is -0.875. The van der Waals surface area contributed by atoms with Crippen LogP contribution in [0.15, 0.2) is 21.9 Å². The highest BCUT2D eigenvalue weighted by Crippen LogP contribution is 2.47. The Bertz CT molecular complexity index is 649. The number of ether oxygens (including phenoxy) is 2. The van der Waals surface area contributed by atoms with E-state index < -0.39 is 11.9 Å². The van der Waals surface area contributed by atoms with E-state index in [4.69, 9.17) is 9.47 Å². The number of H-pyrrole nitrogens is 1. The van der Waals surface area contributed by atoms with Gasteiger partial charge < -0.3 is 14.5 Å². The largest absolute Gasteiger partial charge is 0.376 e. The van der Waals surface area contributed by atoms with E-state index in [1.165, 1.54) is 12.3 Å². The van der Waals surface area contributed by atoms with Crippen LogP contribution in [0.4, 0.5) is 0 Å². The molecule has 4 atom stereocenters. The van der Waals surface area contributed by atoms with Crippen LogP contribution in [0.25, 0.3) is 0 Å². The minimum absolute atomic E-state index is 0.0649. The molecule has 2 rings (SSSR count). The van der Waals surface area contributed by atoms with Gasteiger partial charge in [0.1, 0.15) is 6.10 Å². The van der Waals surface area contributed by atoms with Crippen LogP contribution in [0, 0.1) is 16.7 Å². The van der Waals surface area contributed by atoms with Crippen molar-refractivity contribution in [3.8, 4) is 0 Å². The fourth-order valence-corrected chi connectivity index (χ4v) is 3.71. The maximum atomic E-state index is 12.2. The Morgan fingerprint density at radius 3 is 2.29 bits per heavy atom. The number of aromatic nitrogens is 2. The Labute approximate surface area is 143 Å². The van der Waals surface area contributed by atoms with Gasteiger partial charge >= 0.3 is 5.69 Å². The first kappa shape index (κ1) is 18.9. The molecular weight excluding hydrogens is 308 g/mol. The monoisotopic (exact) mass is 338 g/mol. The highest BCUT2D eigenvalue weighted by molar-refractivity contribution is 4.99. The third-order valence-electron chi connectivity index (χ3n) is 4.58. The molecule has 1 aliphatic rings. The highest BCUT2D eigenvalue weighted by atomic mass is 16.6. The number of rotatable bonds is 3. The maximum absolute atomic E-state index is 12.2. The van der Waals surface area contributed by atoms with Crippen LogP contribution >= 0.6 is 0 Å². The Morgan fingerprint density at radius 1 is 1.21 bits per heavy atom. The lowest BCUT2D eigenvalue weighted by Gasteiger charge is -2.36. The molecule has 1 aromatic rings. The van der Waals surface area contributed by atoms with E-state index in [0.29, 0.717) is 0 Å². The molecule has 1 N–H and O–H groups in total. The highest BCUT2D eigenvalue weighted by Gasteiger charge is 2.52. The molecule has 0 aromatic carbocycles. The molecular formula is C18H30N2O4. The van der Waals surface area contributed by atoms with Crippen molar-refractivity contribution in [2.45, 2.75) is 66.4 Å². The lowest BCUT2D eigenvalue weighted by molar-refractivity contribution is -0.0609. The van der Waals surface area contributed by atoms with Crippen LogP contribution < -0.4 is 11.2 Å². The topological polar surface area (TPSA) is 73.3 Å². The molecule has 24 heavy (non-hydrogen) atoms. The predicted octanol–water partition coefficient (Wildman–Crippen LogP) is 2.55. The molecule has 1 aliphatic heterocycles. The summed E-state index contributed by atoms with van der Waals surface area (Å²) in [5, 5.41) is 0. The van der Waals surface area contributed by atoms with Gasteiger partial charge in [0.2, 0.25) is 0 Å². The molecule has 0 saturated carbocycles. The fourth-order valence-electron chi connectivity index (χ4n) is 3.71. The molecule has 6 nitrogen and oxygen atoms in total. The van der Waals surface area contributed by atoms with Crippen molar-refractivity contribution >= 4 is 0 Å². The number of hydrogen-bond acceptors (Lipinski definition) is 4. The second kappa shape index (κ2) is 6.48. The van der Waals surface area contributed by atoms with Gasteiger partial charge in [-0.1, -0.05) is 41.5 Å². The van der Waals surface area contributed by atoms with Crippen LogP contribution in [0.2, 0.25) is 0 Å². The van der Waals surface area contributed by atoms with Gasteiger partial charge in [-0.05, 0) is 17.3 Å². The van der Waals surface area contributed by atoms with Gasteiger partial charge in [-0.2, -0.15) is 0 Å². The molecule has 1 saturated heterocycles. The summed E-state index contributed by atoms with van der Waals surface area (Å²) in [4.78, 5) is 27.0. The van der Waals surface area contributed by atoms with Crippen LogP contribution in [0.5, 0.6) is 0 Å². The summed E-state index contributed by atoms with van der Waals surface area (Å²) in [6.45, 7) is 12.9. The van der Waals surface area contributed by atoms with E-state index in [1.54, 1.807) is 7.11 Å². The molecule has 0 aliphatic carbocycles. The summed E-state index contributed by atoms with van der Waals surface area (Å²) >= 11 is 0. The number of aromatic amines is 1. The van der Waals surface area contributed by atoms with Crippen LogP contribution in [-0.4, -0.2) is 28.9 Å². The predicted molar refractivity (Wildman–Crippen MR) is 93.0 cm³/mol. The van der Waals surface area contributed by atoms with E-state index in [-0.39, 0.29) is 34.5 Å². The summed E-state index contributed by atoms with van der Waals surface area (Å²) < 4.78 is 13.1.